The van der Waals surface area contributed by atoms with Crippen molar-refractivity contribution in [3.8, 4) is 5.75 Å². The summed E-state index contributed by atoms with van der Waals surface area (Å²) in [6.45, 7) is -0.188. The summed E-state index contributed by atoms with van der Waals surface area (Å²) in [6, 6.07) is 1.33. The molecule has 1 rings (SSSR count). The van der Waals surface area contributed by atoms with Gasteiger partial charge in [0.05, 0.1) is 18.3 Å². The molecule has 0 aliphatic rings. The van der Waals surface area contributed by atoms with E-state index < -0.39 is 18.0 Å². The molecule has 1 unspecified atom stereocenters. The Morgan fingerprint density at radius 1 is 1.59 bits per heavy atom. The number of carbonyl (C=O) groups is 2. The number of carbonyl (C=O) groups excluding carboxylic acids is 1. The van der Waals surface area contributed by atoms with Crippen molar-refractivity contribution < 1.29 is 24.5 Å². The third kappa shape index (κ3) is 3.42. The number of hydrogen-bond donors (Lipinski definition) is 3. The van der Waals surface area contributed by atoms with E-state index >= 15 is 0 Å². The number of amides is 1. The van der Waals surface area contributed by atoms with Crippen molar-refractivity contribution in [1.82, 2.24) is 10.3 Å². The maximum absolute atomic E-state index is 11.6. The molecule has 17 heavy (non-hydrogen) atoms. The van der Waals surface area contributed by atoms with Crippen LogP contribution in [0.1, 0.15) is 10.4 Å². The smallest absolute Gasteiger partial charge is 0.334 e. The SMILES string of the molecule is COC(CNC(=O)c1ccncc1O)C(=O)O. The first kappa shape index (κ1) is 12.9. The van der Waals surface area contributed by atoms with Crippen LogP contribution < -0.4 is 5.32 Å². The molecule has 1 aromatic rings. The molecule has 1 atom stereocenters. The van der Waals surface area contributed by atoms with Gasteiger partial charge in [0.2, 0.25) is 0 Å². The van der Waals surface area contributed by atoms with Crippen LogP contribution >= 0.6 is 0 Å². The molecule has 0 radical (unpaired) electrons. The van der Waals surface area contributed by atoms with Crippen LogP contribution in [0, 0.1) is 0 Å². The van der Waals surface area contributed by atoms with Crippen LogP contribution in [-0.4, -0.2) is 46.8 Å². The molecule has 92 valence electrons. The number of carboxylic acids is 1. The summed E-state index contributed by atoms with van der Waals surface area (Å²) in [5, 5.41) is 20.4. The molecule has 7 heteroatoms. The van der Waals surface area contributed by atoms with E-state index in [1.807, 2.05) is 0 Å². The van der Waals surface area contributed by atoms with Gasteiger partial charge < -0.3 is 20.3 Å². The number of hydrogen-bond acceptors (Lipinski definition) is 5. The highest BCUT2D eigenvalue weighted by molar-refractivity contribution is 5.96. The average molecular weight is 240 g/mol. The lowest BCUT2D eigenvalue weighted by atomic mass is 10.2. The largest absolute Gasteiger partial charge is 0.505 e. The lowest BCUT2D eigenvalue weighted by Gasteiger charge is -2.11. The van der Waals surface area contributed by atoms with E-state index in [1.165, 1.54) is 19.4 Å². The minimum Gasteiger partial charge on any atom is -0.505 e. The molecule has 0 aromatic carbocycles. The second-order valence-electron chi connectivity index (χ2n) is 3.17. The number of nitrogens with zero attached hydrogens (tertiary/aromatic N) is 1. The molecule has 0 aliphatic heterocycles. The van der Waals surface area contributed by atoms with Crippen LogP contribution in [0.15, 0.2) is 18.5 Å². The number of methoxy groups -OCH3 is 1. The quantitative estimate of drug-likeness (QED) is 0.647. The fourth-order valence-electron chi connectivity index (χ4n) is 1.13. The Hall–Kier alpha value is -2.15. The van der Waals surface area contributed by atoms with Crippen molar-refractivity contribution in [3.05, 3.63) is 24.0 Å². The Morgan fingerprint density at radius 3 is 2.82 bits per heavy atom. The van der Waals surface area contributed by atoms with Gasteiger partial charge in [-0.1, -0.05) is 0 Å². The standard InChI is InChI=1S/C10H12N2O5/c1-17-8(10(15)16)5-12-9(14)6-2-3-11-4-7(6)13/h2-4,8,13H,5H2,1H3,(H,12,14)(H,15,16). The van der Waals surface area contributed by atoms with Gasteiger partial charge in [0.25, 0.3) is 5.91 Å². The van der Waals surface area contributed by atoms with Gasteiger partial charge in [-0.15, -0.1) is 0 Å². The Morgan fingerprint density at radius 2 is 2.29 bits per heavy atom. The van der Waals surface area contributed by atoms with E-state index in [9.17, 15) is 14.7 Å². The molecule has 7 nitrogen and oxygen atoms in total. The summed E-state index contributed by atoms with van der Waals surface area (Å²) in [4.78, 5) is 25.8. The summed E-state index contributed by atoms with van der Waals surface area (Å²) < 4.78 is 4.64. The molecule has 0 fully saturated rings. The molecule has 1 aromatic heterocycles. The van der Waals surface area contributed by atoms with Crippen molar-refractivity contribution in [2.24, 2.45) is 0 Å². The molecule has 0 bridgehead atoms. The van der Waals surface area contributed by atoms with Crippen LogP contribution in [0.4, 0.5) is 0 Å². The van der Waals surface area contributed by atoms with E-state index in [0.29, 0.717) is 0 Å². The number of pyridine rings is 1. The van der Waals surface area contributed by atoms with Crippen LogP contribution in [0.25, 0.3) is 0 Å². The van der Waals surface area contributed by atoms with Crippen LogP contribution in [-0.2, 0) is 9.53 Å². The zero-order valence-electron chi connectivity index (χ0n) is 9.08. The zero-order chi connectivity index (χ0) is 12.8. The minimum atomic E-state index is -1.17. The fraction of sp³-hybridized carbons (Fsp3) is 0.300. The van der Waals surface area contributed by atoms with E-state index in [2.05, 4.69) is 15.0 Å². The van der Waals surface area contributed by atoms with E-state index in [0.717, 1.165) is 6.20 Å². The summed E-state index contributed by atoms with van der Waals surface area (Å²) in [5.74, 6) is -2.03. The van der Waals surface area contributed by atoms with Crippen molar-refractivity contribution >= 4 is 11.9 Å². The molecule has 3 N–H and O–H groups in total. The summed E-state index contributed by atoms with van der Waals surface area (Å²) in [5.41, 5.74) is 0.0280. The molecule has 0 aliphatic carbocycles. The second-order valence-corrected chi connectivity index (χ2v) is 3.17. The lowest BCUT2D eigenvalue weighted by Crippen LogP contribution is -2.37. The molecule has 1 amide bonds. The third-order valence-corrected chi connectivity index (χ3v) is 2.05. The average Bonchev–Trinajstić information content (AvgIpc) is 2.29. The highest BCUT2D eigenvalue weighted by atomic mass is 16.5. The Balaban J connectivity index is 2.62. The van der Waals surface area contributed by atoms with Crippen LogP contribution in [0.5, 0.6) is 5.75 Å². The zero-order valence-corrected chi connectivity index (χ0v) is 9.08. The van der Waals surface area contributed by atoms with Gasteiger partial charge in [-0.2, -0.15) is 0 Å². The van der Waals surface area contributed by atoms with Crippen molar-refractivity contribution in [2.75, 3.05) is 13.7 Å². The first-order valence-corrected chi connectivity index (χ1v) is 4.73. The number of aromatic nitrogens is 1. The predicted molar refractivity (Wildman–Crippen MR) is 56.7 cm³/mol. The van der Waals surface area contributed by atoms with Gasteiger partial charge in [-0.05, 0) is 6.07 Å². The third-order valence-electron chi connectivity index (χ3n) is 2.05. The van der Waals surface area contributed by atoms with E-state index in [4.69, 9.17) is 5.11 Å². The van der Waals surface area contributed by atoms with Crippen LogP contribution in [0.3, 0.4) is 0 Å². The molecular weight excluding hydrogens is 228 g/mol. The number of ether oxygens (including phenoxy) is 1. The lowest BCUT2D eigenvalue weighted by molar-refractivity contribution is -0.147. The van der Waals surface area contributed by atoms with Crippen LogP contribution in [0.2, 0.25) is 0 Å². The Bertz CT molecular complexity index is 421. The van der Waals surface area contributed by atoms with Crippen molar-refractivity contribution in [3.63, 3.8) is 0 Å². The maximum Gasteiger partial charge on any atom is 0.334 e. The highest BCUT2D eigenvalue weighted by Crippen LogP contribution is 2.13. The van der Waals surface area contributed by atoms with Gasteiger partial charge in [0.1, 0.15) is 5.75 Å². The highest BCUT2D eigenvalue weighted by Gasteiger charge is 2.18. The Labute approximate surface area is 97.1 Å². The van der Waals surface area contributed by atoms with E-state index in [1.54, 1.807) is 0 Å². The Kier molecular flexibility index (Phi) is 4.41. The summed E-state index contributed by atoms with van der Waals surface area (Å²) >= 11 is 0. The summed E-state index contributed by atoms with van der Waals surface area (Å²) in [7, 11) is 1.23. The number of rotatable bonds is 5. The molecule has 1 heterocycles. The van der Waals surface area contributed by atoms with Gasteiger partial charge in [0.15, 0.2) is 6.10 Å². The molecule has 0 saturated carbocycles. The monoisotopic (exact) mass is 240 g/mol. The van der Waals surface area contributed by atoms with Gasteiger partial charge >= 0.3 is 5.97 Å². The number of nitrogens with one attached hydrogen (secondary N) is 1. The normalized spacial score (nSPS) is 11.8. The topological polar surface area (TPSA) is 109 Å². The molecular formula is C10H12N2O5. The van der Waals surface area contributed by atoms with Gasteiger partial charge in [-0.25, -0.2) is 4.79 Å². The predicted octanol–water partition coefficient (Wildman–Crippen LogP) is -0.383. The maximum atomic E-state index is 11.6. The van der Waals surface area contributed by atoms with E-state index in [-0.39, 0.29) is 17.9 Å². The van der Waals surface area contributed by atoms with Crippen molar-refractivity contribution in [2.45, 2.75) is 6.10 Å². The number of aromatic hydroxyl groups is 1. The minimum absolute atomic E-state index is 0.0280. The second kappa shape index (κ2) is 5.80. The van der Waals surface area contributed by atoms with Gasteiger partial charge in [0, 0.05) is 13.3 Å². The number of aliphatic carboxylic acids is 1. The van der Waals surface area contributed by atoms with Crippen molar-refractivity contribution in [1.29, 1.82) is 0 Å². The summed E-state index contributed by atoms with van der Waals surface area (Å²) in [6.07, 6.45) is 1.35. The molecule has 0 spiro atoms. The number of carboxylic acid groups (broad SMARTS) is 1. The molecule has 0 saturated heterocycles. The fourth-order valence-corrected chi connectivity index (χ4v) is 1.13. The first-order valence-electron chi connectivity index (χ1n) is 4.73. The first-order chi connectivity index (χ1) is 8.06. The van der Waals surface area contributed by atoms with Gasteiger partial charge in [-0.3, -0.25) is 9.78 Å².